The predicted molar refractivity (Wildman–Crippen MR) is 72.2 cm³/mol. The molecule has 0 amide bonds. The monoisotopic (exact) mass is 264 g/mol. The molecule has 0 saturated carbocycles. The van der Waals surface area contributed by atoms with E-state index in [-0.39, 0.29) is 15.0 Å². The maximum absolute atomic E-state index is 2.60. The van der Waals surface area contributed by atoms with E-state index < -0.39 is 0 Å². The first-order valence-electron chi connectivity index (χ1n) is 5.90. The fraction of sp³-hybridized carbons (Fsp3) is 0.500. The number of rotatable bonds is 5. The summed E-state index contributed by atoms with van der Waals surface area (Å²) < 4.78 is 0.443. The molecular weight excluding hydrogens is 241 g/mol. The van der Waals surface area contributed by atoms with Crippen LogP contribution in [0.5, 0.6) is 0 Å². The van der Waals surface area contributed by atoms with Gasteiger partial charge in [-0.1, -0.05) is 0 Å². The third-order valence-corrected chi connectivity index (χ3v) is 6.42. The molecule has 0 N–H and O–H groups in total. The Hall–Kier alpha value is -0.367. The number of benzene rings is 1. The van der Waals surface area contributed by atoms with Crippen molar-refractivity contribution >= 4 is 19.8 Å². The van der Waals surface area contributed by atoms with E-state index in [0.717, 1.165) is 0 Å². The molecule has 0 aromatic heterocycles. The quantitative estimate of drug-likeness (QED) is 0.564. The third-order valence-electron chi connectivity index (χ3n) is 2.78. The van der Waals surface area contributed by atoms with Crippen molar-refractivity contribution in [3.63, 3.8) is 0 Å². The van der Waals surface area contributed by atoms with Gasteiger partial charge in [0.1, 0.15) is 0 Å². The van der Waals surface area contributed by atoms with Gasteiger partial charge in [0.2, 0.25) is 0 Å². The van der Waals surface area contributed by atoms with Crippen molar-refractivity contribution in [3.8, 4) is 0 Å². The molecule has 1 aromatic carbocycles. The molecule has 0 radical (unpaired) electrons. The van der Waals surface area contributed by atoms with Crippen LogP contribution in [-0.4, -0.2) is 19.8 Å². The van der Waals surface area contributed by atoms with Crippen molar-refractivity contribution in [1.29, 1.82) is 0 Å². The van der Waals surface area contributed by atoms with Gasteiger partial charge in [0, 0.05) is 0 Å². The minimum atomic E-state index is -0.265. The molecule has 82 valence electrons. The first-order chi connectivity index (χ1) is 7.17. The maximum atomic E-state index is 2.60. The molecule has 0 aliphatic rings. The van der Waals surface area contributed by atoms with Gasteiger partial charge >= 0.3 is 100 Å². The summed E-state index contributed by atoms with van der Waals surface area (Å²) >= 11 is -0.265. The fourth-order valence-corrected chi connectivity index (χ4v) is 4.55. The average molecular weight is 263 g/mol. The van der Waals surface area contributed by atoms with Crippen LogP contribution in [0.4, 0.5) is 0 Å². The van der Waals surface area contributed by atoms with Crippen LogP contribution in [-0.2, 0) is 4.25 Å². The molecule has 0 aliphatic heterocycles. The van der Waals surface area contributed by atoms with Crippen LogP contribution in [0.25, 0.3) is 0 Å². The normalized spacial score (nSPS) is 12.2. The van der Waals surface area contributed by atoms with E-state index in [1.54, 1.807) is 0 Å². The van der Waals surface area contributed by atoms with Gasteiger partial charge in [0.25, 0.3) is 0 Å². The Morgan fingerprint density at radius 3 is 2.47 bits per heavy atom. The van der Waals surface area contributed by atoms with Crippen LogP contribution in [0.15, 0.2) is 30.3 Å². The fourth-order valence-electron chi connectivity index (χ4n) is 1.66. The Morgan fingerprint density at radius 1 is 1.20 bits per heavy atom. The molecule has 1 rings (SSSR count). The Bertz CT molecular complexity index is 298. The summed E-state index contributed by atoms with van der Waals surface area (Å²) in [6.45, 7) is 7.05. The summed E-state index contributed by atoms with van der Waals surface area (Å²) in [5, 5.41) is 0. The zero-order valence-corrected chi connectivity index (χ0v) is 12.6. The van der Waals surface area contributed by atoms with Crippen LogP contribution < -0.4 is 0 Å². The molecule has 0 aliphatic carbocycles. The summed E-state index contributed by atoms with van der Waals surface area (Å²) in [4.78, 5) is 2.60. The second-order valence-corrected chi connectivity index (χ2v) is 9.35. The van der Waals surface area contributed by atoms with Gasteiger partial charge in [-0.05, 0) is 0 Å². The number of hydrogen-bond acceptors (Lipinski definition) is 0. The second-order valence-electron chi connectivity index (χ2n) is 4.63. The minimum absolute atomic E-state index is 0.265. The Kier molecular flexibility index (Phi) is 5.31. The van der Waals surface area contributed by atoms with Crippen LogP contribution >= 0.6 is 0 Å². The van der Waals surface area contributed by atoms with E-state index in [1.807, 2.05) is 0 Å². The van der Waals surface area contributed by atoms with E-state index in [1.165, 1.54) is 24.8 Å². The molecule has 0 fully saturated rings. The first-order valence-corrected chi connectivity index (χ1v) is 8.51. The van der Waals surface area contributed by atoms with Crippen molar-refractivity contribution in [2.24, 2.45) is 0 Å². The molecule has 0 heterocycles. The predicted octanol–water partition coefficient (Wildman–Crippen LogP) is 3.35. The van der Waals surface area contributed by atoms with Crippen molar-refractivity contribution in [2.45, 2.75) is 44.3 Å². The second kappa shape index (κ2) is 6.27. The van der Waals surface area contributed by atoms with E-state index in [4.69, 9.17) is 0 Å². The van der Waals surface area contributed by atoms with Crippen LogP contribution in [0, 0.1) is 0 Å². The molecule has 1 heteroatoms. The Morgan fingerprint density at radius 2 is 1.87 bits per heavy atom. The molecule has 0 bridgehead atoms. The molecule has 0 unspecified atom stereocenters. The van der Waals surface area contributed by atoms with Crippen LogP contribution in [0.2, 0.25) is 0 Å². The van der Waals surface area contributed by atoms with Gasteiger partial charge in [-0.2, -0.15) is 0 Å². The standard InChI is InChI=1S/C14H22Ge/c1-4-5-9-12-15-14(2,3)13-10-7-6-8-11-13/h6-8,10-12,15H,4-5,9H2,1-3H3. The number of unbranched alkanes of at least 4 members (excludes halogenated alkanes) is 2. The first kappa shape index (κ1) is 12.7. The topological polar surface area (TPSA) is 0 Å². The summed E-state index contributed by atoms with van der Waals surface area (Å²) in [5.41, 5.74) is 1.51. The van der Waals surface area contributed by atoms with Gasteiger partial charge < -0.3 is 0 Å². The molecule has 15 heavy (non-hydrogen) atoms. The summed E-state index contributed by atoms with van der Waals surface area (Å²) in [6, 6.07) is 10.9. The molecule has 1 aromatic rings. The van der Waals surface area contributed by atoms with E-state index >= 15 is 0 Å². The van der Waals surface area contributed by atoms with E-state index in [0.29, 0.717) is 4.25 Å². The summed E-state index contributed by atoms with van der Waals surface area (Å²) in [5.74, 6) is 0. The van der Waals surface area contributed by atoms with Gasteiger partial charge in [0.15, 0.2) is 0 Å². The van der Waals surface area contributed by atoms with Gasteiger partial charge in [-0.15, -0.1) is 0 Å². The molecule has 0 saturated heterocycles. The Balaban J connectivity index is 2.63. The van der Waals surface area contributed by atoms with Crippen molar-refractivity contribution < 1.29 is 0 Å². The summed E-state index contributed by atoms with van der Waals surface area (Å²) in [7, 11) is 0. The zero-order chi connectivity index (χ0) is 11.1. The molecule has 0 atom stereocenters. The van der Waals surface area contributed by atoms with Gasteiger partial charge in [0.05, 0.1) is 0 Å². The zero-order valence-electron chi connectivity index (χ0n) is 10.2. The van der Waals surface area contributed by atoms with Crippen molar-refractivity contribution in [2.75, 3.05) is 0 Å². The van der Waals surface area contributed by atoms with E-state index in [2.05, 4.69) is 56.0 Å². The van der Waals surface area contributed by atoms with E-state index in [9.17, 15) is 0 Å². The van der Waals surface area contributed by atoms with Crippen molar-refractivity contribution in [3.05, 3.63) is 35.9 Å². The molecule has 0 spiro atoms. The summed E-state index contributed by atoms with van der Waals surface area (Å²) in [6.07, 6.45) is 4.01. The molecular formula is C14H22Ge. The van der Waals surface area contributed by atoms with Gasteiger partial charge in [-0.25, -0.2) is 0 Å². The number of hydrogen-bond donors (Lipinski definition) is 0. The SMILES string of the molecule is CCCC[CH]=[GeH][C](C)(C)c1ccccc1. The van der Waals surface area contributed by atoms with Crippen LogP contribution in [0.3, 0.4) is 0 Å². The Labute approximate surface area is 100 Å². The third kappa shape index (κ3) is 4.33. The average Bonchev–Trinajstić information content (AvgIpc) is 2.26. The van der Waals surface area contributed by atoms with Gasteiger partial charge in [-0.3, -0.25) is 0 Å². The van der Waals surface area contributed by atoms with Crippen molar-refractivity contribution in [1.82, 2.24) is 0 Å². The van der Waals surface area contributed by atoms with Crippen LogP contribution in [0.1, 0.15) is 45.6 Å². The molecule has 0 nitrogen and oxygen atoms in total.